The number of benzene rings is 1. The molecule has 0 aliphatic heterocycles. The molecule has 0 spiro atoms. The predicted octanol–water partition coefficient (Wildman–Crippen LogP) is 3.18. The Hall–Kier alpha value is -1.29. The van der Waals surface area contributed by atoms with Crippen molar-refractivity contribution in [3.05, 3.63) is 40.9 Å². The summed E-state index contributed by atoms with van der Waals surface area (Å²) in [6.07, 6.45) is 1.17. The van der Waals surface area contributed by atoms with E-state index in [-0.39, 0.29) is 5.91 Å². The zero-order valence-electron chi connectivity index (χ0n) is 10.5. The average Bonchev–Trinajstić information content (AvgIpc) is 2.34. The van der Waals surface area contributed by atoms with Crippen LogP contribution in [0.1, 0.15) is 18.4 Å². The highest BCUT2D eigenvalue weighted by Crippen LogP contribution is 2.11. The van der Waals surface area contributed by atoms with Crippen LogP contribution >= 0.6 is 15.9 Å². The highest BCUT2D eigenvalue weighted by Gasteiger charge is 2.01. The van der Waals surface area contributed by atoms with E-state index in [4.69, 9.17) is 4.74 Å². The fourth-order valence-corrected chi connectivity index (χ4v) is 1.48. The first-order valence-corrected chi connectivity index (χ1v) is 6.66. The minimum atomic E-state index is 0.0168. The zero-order valence-corrected chi connectivity index (χ0v) is 12.1. The molecule has 1 N–H and O–H groups in total. The third kappa shape index (κ3) is 6.45. The molecule has 4 heteroatoms. The molecule has 0 saturated heterocycles. The van der Waals surface area contributed by atoms with Crippen molar-refractivity contribution in [1.82, 2.24) is 5.32 Å². The largest absolute Gasteiger partial charge is 0.494 e. The monoisotopic (exact) mass is 311 g/mol. The second-order valence-corrected chi connectivity index (χ2v) is 5.18. The standard InChI is InChI=1S/C14H18BrNO2/c1-11-5-7-13(8-6-11)18-9-3-4-14(17)16-10-12(2)15/h5-8H,2-4,9-10H2,1H3,(H,16,17). The first kappa shape index (κ1) is 14.8. The SMILES string of the molecule is C=C(Br)CNC(=O)CCCOc1ccc(C)cc1. The lowest BCUT2D eigenvalue weighted by Gasteiger charge is -2.07. The number of hydrogen-bond acceptors (Lipinski definition) is 2. The third-order valence-corrected chi connectivity index (χ3v) is 2.60. The van der Waals surface area contributed by atoms with Gasteiger partial charge < -0.3 is 10.1 Å². The van der Waals surface area contributed by atoms with Crippen molar-refractivity contribution in [2.75, 3.05) is 13.2 Å². The molecule has 0 radical (unpaired) electrons. The van der Waals surface area contributed by atoms with Crippen LogP contribution in [-0.4, -0.2) is 19.1 Å². The number of halogens is 1. The van der Waals surface area contributed by atoms with Gasteiger partial charge in [0.15, 0.2) is 0 Å². The Kier molecular flexibility index (Phi) is 6.50. The van der Waals surface area contributed by atoms with E-state index in [1.807, 2.05) is 31.2 Å². The summed E-state index contributed by atoms with van der Waals surface area (Å²) < 4.78 is 6.30. The van der Waals surface area contributed by atoms with Gasteiger partial charge in [0, 0.05) is 17.4 Å². The van der Waals surface area contributed by atoms with Crippen molar-refractivity contribution in [2.24, 2.45) is 0 Å². The smallest absolute Gasteiger partial charge is 0.220 e. The van der Waals surface area contributed by atoms with E-state index in [9.17, 15) is 4.79 Å². The Morgan fingerprint density at radius 2 is 2.06 bits per heavy atom. The molecule has 0 heterocycles. The van der Waals surface area contributed by atoms with E-state index in [0.717, 1.165) is 10.2 Å². The van der Waals surface area contributed by atoms with Gasteiger partial charge >= 0.3 is 0 Å². The van der Waals surface area contributed by atoms with Crippen LogP contribution in [0.5, 0.6) is 5.75 Å². The second-order valence-electron chi connectivity index (χ2n) is 4.06. The summed E-state index contributed by atoms with van der Waals surface area (Å²) in [5.74, 6) is 0.859. The maximum atomic E-state index is 11.4. The van der Waals surface area contributed by atoms with Gasteiger partial charge in [-0.1, -0.05) is 40.2 Å². The third-order valence-electron chi connectivity index (χ3n) is 2.32. The van der Waals surface area contributed by atoms with Crippen LogP contribution in [0.4, 0.5) is 0 Å². The molecule has 0 bridgehead atoms. The minimum Gasteiger partial charge on any atom is -0.494 e. The average molecular weight is 312 g/mol. The van der Waals surface area contributed by atoms with Gasteiger partial charge in [0.25, 0.3) is 0 Å². The molecule has 0 unspecified atom stereocenters. The Bertz CT molecular complexity index is 401. The highest BCUT2D eigenvalue weighted by molar-refractivity contribution is 9.11. The summed E-state index contributed by atoms with van der Waals surface area (Å²) in [4.78, 5) is 11.4. The zero-order chi connectivity index (χ0) is 13.4. The van der Waals surface area contributed by atoms with E-state index in [0.29, 0.717) is 26.0 Å². The van der Waals surface area contributed by atoms with Crippen LogP contribution in [0, 0.1) is 6.92 Å². The normalized spacial score (nSPS) is 9.89. The van der Waals surface area contributed by atoms with Gasteiger partial charge in [-0.15, -0.1) is 0 Å². The van der Waals surface area contributed by atoms with Crippen molar-refractivity contribution in [3.63, 3.8) is 0 Å². The molecule has 3 nitrogen and oxygen atoms in total. The van der Waals surface area contributed by atoms with Gasteiger partial charge in [0.05, 0.1) is 6.61 Å². The number of amides is 1. The van der Waals surface area contributed by atoms with E-state index in [2.05, 4.69) is 27.8 Å². The van der Waals surface area contributed by atoms with Crippen molar-refractivity contribution >= 4 is 21.8 Å². The van der Waals surface area contributed by atoms with Crippen molar-refractivity contribution in [1.29, 1.82) is 0 Å². The lowest BCUT2D eigenvalue weighted by atomic mass is 10.2. The van der Waals surface area contributed by atoms with Gasteiger partial charge in [-0.3, -0.25) is 4.79 Å². The molecule has 1 amide bonds. The van der Waals surface area contributed by atoms with Gasteiger partial charge in [-0.25, -0.2) is 0 Å². The summed E-state index contributed by atoms with van der Waals surface area (Å²) >= 11 is 3.19. The molecule has 0 atom stereocenters. The van der Waals surface area contributed by atoms with Gasteiger partial charge in [-0.2, -0.15) is 0 Å². The van der Waals surface area contributed by atoms with E-state index in [1.165, 1.54) is 5.56 Å². The number of hydrogen-bond donors (Lipinski definition) is 1. The number of nitrogens with one attached hydrogen (secondary N) is 1. The maximum absolute atomic E-state index is 11.4. The van der Waals surface area contributed by atoms with Crippen LogP contribution in [0.25, 0.3) is 0 Å². The topological polar surface area (TPSA) is 38.3 Å². The minimum absolute atomic E-state index is 0.0168. The predicted molar refractivity (Wildman–Crippen MR) is 77.0 cm³/mol. The Morgan fingerprint density at radius 3 is 2.67 bits per heavy atom. The molecule has 0 aromatic heterocycles. The lowest BCUT2D eigenvalue weighted by Crippen LogP contribution is -2.24. The number of carbonyl (C=O) groups excluding carboxylic acids is 1. The maximum Gasteiger partial charge on any atom is 0.220 e. The molecule has 0 aliphatic rings. The summed E-state index contributed by atoms with van der Waals surface area (Å²) in [7, 11) is 0. The van der Waals surface area contributed by atoms with Crippen LogP contribution in [-0.2, 0) is 4.79 Å². The molecule has 0 fully saturated rings. The van der Waals surface area contributed by atoms with Gasteiger partial charge in [0.2, 0.25) is 5.91 Å². The number of rotatable bonds is 7. The van der Waals surface area contributed by atoms with Crippen molar-refractivity contribution < 1.29 is 9.53 Å². The molecular formula is C14H18BrNO2. The van der Waals surface area contributed by atoms with Crippen LogP contribution in [0.15, 0.2) is 35.3 Å². The Balaban J connectivity index is 2.13. The quantitative estimate of drug-likeness (QED) is 0.785. The first-order chi connectivity index (χ1) is 8.58. The van der Waals surface area contributed by atoms with Crippen LogP contribution < -0.4 is 10.1 Å². The lowest BCUT2D eigenvalue weighted by molar-refractivity contribution is -0.121. The van der Waals surface area contributed by atoms with E-state index < -0.39 is 0 Å². The van der Waals surface area contributed by atoms with Gasteiger partial charge in [0.1, 0.15) is 5.75 Å². The molecular weight excluding hydrogens is 294 g/mol. The molecule has 98 valence electrons. The fourth-order valence-electron chi connectivity index (χ4n) is 1.34. The highest BCUT2D eigenvalue weighted by atomic mass is 79.9. The molecule has 0 saturated carbocycles. The van der Waals surface area contributed by atoms with E-state index >= 15 is 0 Å². The number of aryl methyl sites for hydroxylation is 1. The molecule has 1 aromatic rings. The molecule has 1 aromatic carbocycles. The Morgan fingerprint density at radius 1 is 1.39 bits per heavy atom. The summed E-state index contributed by atoms with van der Waals surface area (Å²) in [5.41, 5.74) is 1.21. The summed E-state index contributed by atoms with van der Waals surface area (Å²) in [6.45, 7) is 6.70. The van der Waals surface area contributed by atoms with Crippen molar-refractivity contribution in [2.45, 2.75) is 19.8 Å². The van der Waals surface area contributed by atoms with Crippen molar-refractivity contribution in [3.8, 4) is 5.75 Å². The summed E-state index contributed by atoms with van der Waals surface area (Å²) in [6, 6.07) is 7.88. The Labute approximate surface area is 116 Å². The second kappa shape index (κ2) is 7.93. The molecule has 18 heavy (non-hydrogen) atoms. The number of ether oxygens (including phenoxy) is 1. The number of carbonyl (C=O) groups is 1. The molecule has 1 rings (SSSR count). The first-order valence-electron chi connectivity index (χ1n) is 5.87. The fraction of sp³-hybridized carbons (Fsp3) is 0.357. The van der Waals surface area contributed by atoms with Gasteiger partial charge in [-0.05, 0) is 25.5 Å². The van der Waals surface area contributed by atoms with Crippen LogP contribution in [0.2, 0.25) is 0 Å². The molecule has 0 aliphatic carbocycles. The summed E-state index contributed by atoms with van der Waals surface area (Å²) in [5, 5.41) is 2.75. The van der Waals surface area contributed by atoms with E-state index in [1.54, 1.807) is 0 Å². The van der Waals surface area contributed by atoms with Crippen LogP contribution in [0.3, 0.4) is 0 Å².